The lowest BCUT2D eigenvalue weighted by atomic mass is 9.95. The average molecular weight is 364 g/mol. The molecular weight excluding hydrogens is 340 g/mol. The Morgan fingerprint density at radius 2 is 1.89 bits per heavy atom. The first-order valence-corrected chi connectivity index (χ1v) is 8.99. The van der Waals surface area contributed by atoms with Crippen molar-refractivity contribution in [3.63, 3.8) is 0 Å². The Morgan fingerprint density at radius 3 is 2.56 bits per heavy atom. The maximum absolute atomic E-state index is 12.5. The second kappa shape index (κ2) is 8.08. The van der Waals surface area contributed by atoms with Crippen molar-refractivity contribution in [1.82, 2.24) is 10.3 Å². The lowest BCUT2D eigenvalue weighted by molar-refractivity contribution is -0.122. The number of aromatic nitrogens is 1. The smallest absolute Gasteiger partial charge is 0.221 e. The van der Waals surface area contributed by atoms with Crippen LogP contribution in [0, 0.1) is 5.92 Å². The highest BCUT2D eigenvalue weighted by Crippen LogP contribution is 2.35. The summed E-state index contributed by atoms with van der Waals surface area (Å²) >= 11 is 0. The van der Waals surface area contributed by atoms with E-state index in [0.29, 0.717) is 17.5 Å². The zero-order valence-corrected chi connectivity index (χ0v) is 15.8. The number of hydrogen-bond acceptors (Lipinski definition) is 4. The Morgan fingerprint density at radius 1 is 1.15 bits per heavy atom. The first kappa shape index (κ1) is 18.7. The van der Waals surface area contributed by atoms with Gasteiger partial charge < -0.3 is 15.2 Å². The summed E-state index contributed by atoms with van der Waals surface area (Å²) in [6, 6.07) is 14.4. The van der Waals surface area contributed by atoms with Crippen LogP contribution in [-0.4, -0.2) is 23.1 Å². The SMILES string of the molecule is COc1ccc([C@@H](NC(=O)CC(C)C)c2ccc3cccnc3c2O)cc1. The summed E-state index contributed by atoms with van der Waals surface area (Å²) in [5.74, 6) is 0.994. The molecule has 0 unspecified atom stereocenters. The van der Waals surface area contributed by atoms with Gasteiger partial charge in [-0.25, -0.2) is 0 Å². The summed E-state index contributed by atoms with van der Waals surface area (Å²) in [5, 5.41) is 14.7. The second-order valence-corrected chi connectivity index (χ2v) is 6.95. The molecule has 0 saturated carbocycles. The third kappa shape index (κ3) is 4.19. The van der Waals surface area contributed by atoms with Crippen molar-refractivity contribution in [3.8, 4) is 11.5 Å². The molecule has 1 amide bonds. The van der Waals surface area contributed by atoms with Crippen LogP contribution in [0.5, 0.6) is 11.5 Å². The van der Waals surface area contributed by atoms with Gasteiger partial charge in [-0.2, -0.15) is 0 Å². The van der Waals surface area contributed by atoms with E-state index in [-0.39, 0.29) is 17.6 Å². The summed E-state index contributed by atoms with van der Waals surface area (Å²) in [6.07, 6.45) is 2.06. The number of pyridine rings is 1. The zero-order valence-electron chi connectivity index (χ0n) is 15.8. The van der Waals surface area contributed by atoms with Gasteiger partial charge in [0.05, 0.1) is 13.2 Å². The van der Waals surface area contributed by atoms with E-state index < -0.39 is 6.04 Å². The van der Waals surface area contributed by atoms with Crippen LogP contribution >= 0.6 is 0 Å². The van der Waals surface area contributed by atoms with Gasteiger partial charge in [-0.05, 0) is 29.7 Å². The fraction of sp³-hybridized carbons (Fsp3) is 0.273. The number of nitrogens with zero attached hydrogens (tertiary/aromatic N) is 1. The summed E-state index contributed by atoms with van der Waals surface area (Å²) in [6.45, 7) is 4.00. The van der Waals surface area contributed by atoms with E-state index in [0.717, 1.165) is 16.7 Å². The number of ether oxygens (including phenoxy) is 1. The molecule has 0 aliphatic rings. The quantitative estimate of drug-likeness (QED) is 0.688. The van der Waals surface area contributed by atoms with Gasteiger partial charge in [-0.3, -0.25) is 9.78 Å². The van der Waals surface area contributed by atoms with Crippen molar-refractivity contribution in [1.29, 1.82) is 0 Å². The minimum absolute atomic E-state index is 0.0636. The molecule has 1 aromatic heterocycles. The van der Waals surface area contributed by atoms with Crippen LogP contribution in [0.2, 0.25) is 0 Å². The number of amides is 1. The molecule has 0 fully saturated rings. The molecule has 140 valence electrons. The molecule has 0 aliphatic carbocycles. The third-order valence-electron chi connectivity index (χ3n) is 4.44. The van der Waals surface area contributed by atoms with E-state index in [1.807, 2.05) is 62.4 Å². The predicted octanol–water partition coefficient (Wildman–Crippen LogP) is 4.20. The number of nitrogens with one attached hydrogen (secondary N) is 1. The molecule has 0 spiro atoms. The standard InChI is InChI=1S/C22H24N2O3/c1-14(2)13-19(25)24-20(16-6-9-17(27-3)10-7-16)18-11-8-15-5-4-12-23-21(15)22(18)26/h4-12,14,20,26H,13H2,1-3H3,(H,24,25)/t20-/m1/s1. The van der Waals surface area contributed by atoms with E-state index in [4.69, 9.17) is 4.74 Å². The number of benzene rings is 2. The topological polar surface area (TPSA) is 71.5 Å². The van der Waals surface area contributed by atoms with Crippen LogP contribution in [0.3, 0.4) is 0 Å². The molecule has 2 aromatic carbocycles. The van der Waals surface area contributed by atoms with E-state index in [2.05, 4.69) is 10.3 Å². The molecule has 3 rings (SSSR count). The predicted molar refractivity (Wildman–Crippen MR) is 106 cm³/mol. The number of carbonyl (C=O) groups is 1. The van der Waals surface area contributed by atoms with Gasteiger partial charge in [0.25, 0.3) is 0 Å². The van der Waals surface area contributed by atoms with Crippen molar-refractivity contribution in [2.75, 3.05) is 7.11 Å². The van der Waals surface area contributed by atoms with Crippen molar-refractivity contribution >= 4 is 16.8 Å². The van der Waals surface area contributed by atoms with Crippen LogP contribution in [0.1, 0.15) is 37.4 Å². The fourth-order valence-electron chi connectivity index (χ4n) is 3.11. The van der Waals surface area contributed by atoms with Gasteiger partial charge >= 0.3 is 0 Å². The first-order valence-electron chi connectivity index (χ1n) is 8.99. The first-order chi connectivity index (χ1) is 13.0. The molecule has 27 heavy (non-hydrogen) atoms. The van der Waals surface area contributed by atoms with E-state index in [1.54, 1.807) is 13.3 Å². The van der Waals surface area contributed by atoms with Gasteiger partial charge in [0.15, 0.2) is 0 Å². The molecule has 5 nitrogen and oxygen atoms in total. The van der Waals surface area contributed by atoms with Gasteiger partial charge in [-0.15, -0.1) is 0 Å². The lowest BCUT2D eigenvalue weighted by Crippen LogP contribution is -2.30. The molecule has 0 bridgehead atoms. The number of carbonyl (C=O) groups excluding carboxylic acids is 1. The molecule has 1 atom stereocenters. The second-order valence-electron chi connectivity index (χ2n) is 6.95. The molecule has 3 aromatic rings. The molecule has 5 heteroatoms. The minimum atomic E-state index is -0.478. The summed E-state index contributed by atoms with van der Waals surface area (Å²) in [5.41, 5.74) is 1.99. The van der Waals surface area contributed by atoms with Crippen LogP contribution < -0.4 is 10.1 Å². The Kier molecular flexibility index (Phi) is 5.60. The average Bonchev–Trinajstić information content (AvgIpc) is 2.66. The van der Waals surface area contributed by atoms with Crippen LogP contribution in [0.4, 0.5) is 0 Å². The van der Waals surface area contributed by atoms with Gasteiger partial charge in [0.2, 0.25) is 5.91 Å². The highest BCUT2D eigenvalue weighted by atomic mass is 16.5. The van der Waals surface area contributed by atoms with Crippen molar-refractivity contribution < 1.29 is 14.6 Å². The molecule has 0 aliphatic heterocycles. The highest BCUT2D eigenvalue weighted by Gasteiger charge is 2.22. The number of phenols is 1. The molecular formula is C22H24N2O3. The molecule has 0 saturated heterocycles. The lowest BCUT2D eigenvalue weighted by Gasteiger charge is -2.22. The Balaban J connectivity index is 2.05. The van der Waals surface area contributed by atoms with Crippen molar-refractivity contribution in [2.24, 2.45) is 5.92 Å². The molecule has 2 N–H and O–H groups in total. The number of aromatic hydroxyl groups is 1. The van der Waals surface area contributed by atoms with Crippen LogP contribution in [0.15, 0.2) is 54.7 Å². The summed E-state index contributed by atoms with van der Waals surface area (Å²) in [7, 11) is 1.61. The minimum Gasteiger partial charge on any atom is -0.505 e. The summed E-state index contributed by atoms with van der Waals surface area (Å²) in [4.78, 5) is 16.8. The largest absolute Gasteiger partial charge is 0.505 e. The van der Waals surface area contributed by atoms with Gasteiger partial charge in [0, 0.05) is 23.6 Å². The number of hydrogen-bond donors (Lipinski definition) is 2. The van der Waals surface area contributed by atoms with Crippen molar-refractivity contribution in [2.45, 2.75) is 26.3 Å². The van der Waals surface area contributed by atoms with E-state index >= 15 is 0 Å². The van der Waals surface area contributed by atoms with Gasteiger partial charge in [0.1, 0.15) is 17.0 Å². The van der Waals surface area contributed by atoms with Crippen LogP contribution in [0.25, 0.3) is 10.9 Å². The van der Waals surface area contributed by atoms with Crippen molar-refractivity contribution in [3.05, 3.63) is 65.9 Å². The zero-order chi connectivity index (χ0) is 19.4. The number of fused-ring (bicyclic) bond motifs is 1. The Hall–Kier alpha value is -3.08. The normalized spacial score (nSPS) is 12.1. The van der Waals surface area contributed by atoms with Crippen LogP contribution in [-0.2, 0) is 4.79 Å². The van der Waals surface area contributed by atoms with E-state index in [9.17, 15) is 9.90 Å². The Labute approximate surface area is 159 Å². The number of rotatable bonds is 6. The van der Waals surface area contributed by atoms with E-state index in [1.165, 1.54) is 0 Å². The highest BCUT2D eigenvalue weighted by molar-refractivity contribution is 5.86. The number of methoxy groups -OCH3 is 1. The monoisotopic (exact) mass is 364 g/mol. The Bertz CT molecular complexity index is 936. The molecule has 0 radical (unpaired) electrons. The third-order valence-corrected chi connectivity index (χ3v) is 4.44. The molecule has 1 heterocycles. The fourth-order valence-corrected chi connectivity index (χ4v) is 3.11. The maximum atomic E-state index is 12.5. The van der Waals surface area contributed by atoms with Gasteiger partial charge in [-0.1, -0.05) is 44.2 Å². The summed E-state index contributed by atoms with van der Waals surface area (Å²) < 4.78 is 5.22. The maximum Gasteiger partial charge on any atom is 0.221 e. The number of phenolic OH excluding ortho intramolecular Hbond substituents is 1.